The first-order valence-electron chi connectivity index (χ1n) is 5.65. The van der Waals surface area contributed by atoms with E-state index in [1.807, 2.05) is 30.5 Å². The standard InChI is InChI=1S/C13H11N3O3/c1-18-9-3-4-11-10(6-9)8(7-14-11)2-5-12-15-16-13(17)19-12/h2-7,14H,1H3,(H,16,17)/b5-2+. The minimum Gasteiger partial charge on any atom is -0.497 e. The monoisotopic (exact) mass is 257 g/mol. The van der Waals surface area contributed by atoms with Crippen LogP contribution in [0.2, 0.25) is 0 Å². The van der Waals surface area contributed by atoms with Gasteiger partial charge in [0.1, 0.15) is 5.75 Å². The molecular formula is C13H11N3O3. The first-order chi connectivity index (χ1) is 9.26. The number of methoxy groups -OCH3 is 1. The molecule has 0 aliphatic heterocycles. The molecule has 2 aromatic heterocycles. The van der Waals surface area contributed by atoms with Crippen LogP contribution in [0.4, 0.5) is 0 Å². The van der Waals surface area contributed by atoms with Gasteiger partial charge in [-0.25, -0.2) is 9.89 Å². The summed E-state index contributed by atoms with van der Waals surface area (Å²) in [5, 5.41) is 6.93. The molecular weight excluding hydrogens is 246 g/mol. The fraction of sp³-hybridized carbons (Fsp3) is 0.0769. The van der Waals surface area contributed by atoms with Crippen LogP contribution in [-0.2, 0) is 0 Å². The fourth-order valence-corrected chi connectivity index (χ4v) is 1.86. The molecule has 0 bridgehead atoms. The van der Waals surface area contributed by atoms with Gasteiger partial charge in [0, 0.05) is 28.7 Å². The van der Waals surface area contributed by atoms with E-state index in [1.165, 1.54) is 0 Å². The molecule has 0 saturated heterocycles. The third-order valence-electron chi connectivity index (χ3n) is 2.78. The lowest BCUT2D eigenvalue weighted by atomic mass is 10.1. The lowest BCUT2D eigenvalue weighted by Crippen LogP contribution is -1.93. The Labute approximate surface area is 107 Å². The molecule has 96 valence electrons. The number of hydrogen-bond acceptors (Lipinski definition) is 4. The summed E-state index contributed by atoms with van der Waals surface area (Å²) in [6.07, 6.45) is 5.31. The quantitative estimate of drug-likeness (QED) is 0.751. The van der Waals surface area contributed by atoms with Gasteiger partial charge in [0.25, 0.3) is 0 Å². The van der Waals surface area contributed by atoms with E-state index in [9.17, 15) is 4.79 Å². The predicted molar refractivity (Wildman–Crippen MR) is 70.9 cm³/mol. The topological polar surface area (TPSA) is 83.9 Å². The van der Waals surface area contributed by atoms with Crippen molar-refractivity contribution in [2.45, 2.75) is 0 Å². The summed E-state index contributed by atoms with van der Waals surface area (Å²) in [7, 11) is 1.63. The largest absolute Gasteiger partial charge is 0.497 e. The van der Waals surface area contributed by atoms with Gasteiger partial charge < -0.3 is 14.1 Å². The van der Waals surface area contributed by atoms with Gasteiger partial charge in [-0.2, -0.15) is 0 Å². The van der Waals surface area contributed by atoms with Gasteiger partial charge in [0.2, 0.25) is 5.89 Å². The van der Waals surface area contributed by atoms with Gasteiger partial charge >= 0.3 is 5.76 Å². The Hall–Kier alpha value is -2.76. The normalized spacial score (nSPS) is 11.4. The van der Waals surface area contributed by atoms with Gasteiger partial charge in [-0.3, -0.25) is 0 Å². The first kappa shape index (κ1) is 11.3. The maximum atomic E-state index is 10.8. The number of H-pyrrole nitrogens is 2. The van der Waals surface area contributed by atoms with Crippen molar-refractivity contribution in [2.24, 2.45) is 0 Å². The molecule has 3 aromatic rings. The summed E-state index contributed by atoms with van der Waals surface area (Å²) >= 11 is 0. The van der Waals surface area contributed by atoms with Crippen LogP contribution in [0.5, 0.6) is 5.75 Å². The Morgan fingerprint density at radius 3 is 3.00 bits per heavy atom. The zero-order valence-corrected chi connectivity index (χ0v) is 10.1. The van der Waals surface area contributed by atoms with Gasteiger partial charge in [-0.1, -0.05) is 0 Å². The van der Waals surface area contributed by atoms with Crippen molar-refractivity contribution in [3.05, 3.63) is 46.4 Å². The number of rotatable bonds is 3. The summed E-state index contributed by atoms with van der Waals surface area (Å²) in [5.74, 6) is 0.454. The molecule has 6 heteroatoms. The second kappa shape index (κ2) is 4.49. The fourth-order valence-electron chi connectivity index (χ4n) is 1.86. The molecule has 1 aromatic carbocycles. The van der Waals surface area contributed by atoms with Crippen molar-refractivity contribution in [1.29, 1.82) is 0 Å². The number of ether oxygens (including phenoxy) is 1. The van der Waals surface area contributed by atoms with Crippen LogP contribution < -0.4 is 10.5 Å². The zero-order valence-electron chi connectivity index (χ0n) is 10.1. The predicted octanol–water partition coefficient (Wildman–Crippen LogP) is 2.02. The van der Waals surface area contributed by atoms with Gasteiger partial charge in [0.05, 0.1) is 7.11 Å². The number of aromatic amines is 2. The van der Waals surface area contributed by atoms with Crippen LogP contribution in [0.1, 0.15) is 11.5 Å². The van der Waals surface area contributed by atoms with Gasteiger partial charge in [-0.05, 0) is 24.3 Å². The van der Waals surface area contributed by atoms with Crippen molar-refractivity contribution in [3.63, 3.8) is 0 Å². The molecule has 0 spiro atoms. The highest BCUT2D eigenvalue weighted by molar-refractivity contribution is 5.91. The van der Waals surface area contributed by atoms with E-state index < -0.39 is 5.76 Å². The van der Waals surface area contributed by atoms with Gasteiger partial charge in [-0.15, -0.1) is 5.10 Å². The van der Waals surface area contributed by atoms with Crippen molar-refractivity contribution < 1.29 is 9.15 Å². The maximum Gasteiger partial charge on any atom is 0.434 e. The molecule has 6 nitrogen and oxygen atoms in total. The molecule has 19 heavy (non-hydrogen) atoms. The molecule has 0 radical (unpaired) electrons. The Morgan fingerprint density at radius 2 is 2.26 bits per heavy atom. The minimum atomic E-state index is -0.569. The number of nitrogens with one attached hydrogen (secondary N) is 2. The van der Waals surface area contributed by atoms with Crippen LogP contribution in [0.15, 0.2) is 33.6 Å². The summed E-state index contributed by atoms with van der Waals surface area (Å²) in [4.78, 5) is 14.0. The van der Waals surface area contributed by atoms with Crippen LogP contribution in [0.3, 0.4) is 0 Å². The SMILES string of the molecule is COc1ccc2[nH]cc(/C=C/c3n[nH]c(=O)o3)c2c1. The Balaban J connectivity index is 2.00. The summed E-state index contributed by atoms with van der Waals surface area (Å²) in [5.41, 5.74) is 1.96. The second-order valence-corrected chi connectivity index (χ2v) is 3.94. The van der Waals surface area contributed by atoms with Crippen molar-refractivity contribution in [1.82, 2.24) is 15.2 Å². The van der Waals surface area contributed by atoms with Crippen LogP contribution >= 0.6 is 0 Å². The number of hydrogen-bond donors (Lipinski definition) is 2. The zero-order chi connectivity index (χ0) is 13.2. The van der Waals surface area contributed by atoms with E-state index in [1.54, 1.807) is 13.2 Å². The van der Waals surface area contributed by atoms with Crippen molar-refractivity contribution in [3.8, 4) is 5.75 Å². The van der Waals surface area contributed by atoms with E-state index in [0.717, 1.165) is 22.2 Å². The molecule has 0 atom stereocenters. The number of benzene rings is 1. The van der Waals surface area contributed by atoms with Crippen LogP contribution in [-0.4, -0.2) is 22.3 Å². The molecule has 0 fully saturated rings. The van der Waals surface area contributed by atoms with Crippen molar-refractivity contribution >= 4 is 23.1 Å². The summed E-state index contributed by atoms with van der Waals surface area (Å²) < 4.78 is 9.99. The molecule has 0 amide bonds. The second-order valence-electron chi connectivity index (χ2n) is 3.94. The average Bonchev–Trinajstić information content (AvgIpc) is 3.02. The van der Waals surface area contributed by atoms with E-state index in [2.05, 4.69) is 15.2 Å². The first-order valence-corrected chi connectivity index (χ1v) is 5.65. The highest BCUT2D eigenvalue weighted by atomic mass is 16.5. The third kappa shape index (κ3) is 2.15. The Kier molecular flexibility index (Phi) is 2.68. The van der Waals surface area contributed by atoms with E-state index >= 15 is 0 Å². The average molecular weight is 257 g/mol. The maximum absolute atomic E-state index is 10.8. The third-order valence-corrected chi connectivity index (χ3v) is 2.78. The van der Waals surface area contributed by atoms with Gasteiger partial charge in [0.15, 0.2) is 0 Å². The highest BCUT2D eigenvalue weighted by Gasteiger charge is 2.03. The molecule has 3 rings (SSSR count). The van der Waals surface area contributed by atoms with Crippen LogP contribution in [0.25, 0.3) is 23.1 Å². The van der Waals surface area contributed by atoms with E-state index in [0.29, 0.717) is 0 Å². The lowest BCUT2D eigenvalue weighted by Gasteiger charge is -1.99. The summed E-state index contributed by atoms with van der Waals surface area (Å²) in [6, 6.07) is 5.77. The molecule has 0 aliphatic carbocycles. The molecule has 0 saturated carbocycles. The van der Waals surface area contributed by atoms with E-state index in [-0.39, 0.29) is 5.89 Å². The lowest BCUT2D eigenvalue weighted by molar-refractivity contribution is 0.415. The van der Waals surface area contributed by atoms with E-state index in [4.69, 9.17) is 9.15 Å². The number of nitrogens with zero attached hydrogens (tertiary/aromatic N) is 1. The Morgan fingerprint density at radius 1 is 1.37 bits per heavy atom. The molecule has 0 unspecified atom stereocenters. The van der Waals surface area contributed by atoms with Crippen molar-refractivity contribution in [2.75, 3.05) is 7.11 Å². The smallest absolute Gasteiger partial charge is 0.434 e. The highest BCUT2D eigenvalue weighted by Crippen LogP contribution is 2.24. The molecule has 2 N–H and O–H groups in total. The number of aromatic nitrogens is 3. The molecule has 0 aliphatic rings. The Bertz CT molecular complexity index is 795. The minimum absolute atomic E-state index is 0.238. The number of fused-ring (bicyclic) bond motifs is 1. The van der Waals surface area contributed by atoms with Crippen LogP contribution in [0, 0.1) is 0 Å². The molecule has 2 heterocycles. The summed E-state index contributed by atoms with van der Waals surface area (Å²) in [6.45, 7) is 0.